The van der Waals surface area contributed by atoms with Crippen LogP contribution in [0, 0.1) is 10.1 Å². The van der Waals surface area contributed by atoms with E-state index in [1.165, 1.54) is 12.4 Å². The van der Waals surface area contributed by atoms with Gasteiger partial charge in [0.05, 0.1) is 16.8 Å². The van der Waals surface area contributed by atoms with Gasteiger partial charge < -0.3 is 4.98 Å². The van der Waals surface area contributed by atoms with E-state index in [2.05, 4.69) is 22.6 Å². The molecule has 0 amide bonds. The predicted molar refractivity (Wildman–Crippen MR) is 50.0 cm³/mol. The topological polar surface area (TPSA) is 71.8 Å². The molecule has 0 saturated carbocycles. The van der Waals surface area contributed by atoms with Gasteiger partial charge in [-0.05, 0) is 6.07 Å². The van der Waals surface area contributed by atoms with E-state index in [0.717, 1.165) is 0 Å². The van der Waals surface area contributed by atoms with E-state index in [9.17, 15) is 10.1 Å². The quantitative estimate of drug-likeness (QED) is 0.413. The van der Waals surface area contributed by atoms with Gasteiger partial charge in [-0.1, -0.05) is 0 Å². The zero-order valence-corrected chi connectivity index (χ0v) is 7.28. The molecule has 0 fully saturated rings. The lowest BCUT2D eigenvalue weighted by molar-refractivity contribution is -0.383. The highest BCUT2D eigenvalue weighted by molar-refractivity contribution is 7.80. The first-order valence-electron chi connectivity index (χ1n) is 3.49. The molecule has 5 nitrogen and oxygen atoms in total. The summed E-state index contributed by atoms with van der Waals surface area (Å²) in [6, 6.07) is 2.97. The van der Waals surface area contributed by atoms with Crippen LogP contribution >= 0.6 is 12.6 Å². The molecular weight excluding hydrogens is 190 g/mol. The van der Waals surface area contributed by atoms with Crippen molar-refractivity contribution < 1.29 is 4.92 Å². The smallest absolute Gasteiger partial charge is 0.297 e. The molecule has 0 aliphatic carbocycles. The summed E-state index contributed by atoms with van der Waals surface area (Å²) < 4.78 is 0. The fraction of sp³-hybridized carbons (Fsp3) is 0. The lowest BCUT2D eigenvalue weighted by atomic mass is 10.3. The van der Waals surface area contributed by atoms with Crippen LogP contribution in [-0.4, -0.2) is 14.9 Å². The minimum absolute atomic E-state index is 0.00551. The number of aromatic nitrogens is 2. The van der Waals surface area contributed by atoms with Crippen molar-refractivity contribution >= 4 is 29.3 Å². The zero-order chi connectivity index (χ0) is 9.42. The van der Waals surface area contributed by atoms with Crippen LogP contribution in [-0.2, 0) is 0 Å². The summed E-state index contributed by atoms with van der Waals surface area (Å²) in [5, 5.41) is 10.6. The number of nitro benzene ring substituents is 1. The molecule has 0 radical (unpaired) electrons. The number of non-ortho nitro benzene ring substituents is 1. The van der Waals surface area contributed by atoms with Crippen molar-refractivity contribution in [1.82, 2.24) is 9.97 Å². The van der Waals surface area contributed by atoms with Gasteiger partial charge in [0.1, 0.15) is 0 Å². The molecule has 1 heterocycles. The second-order valence-electron chi connectivity index (χ2n) is 2.49. The number of hydrogen-bond acceptors (Lipinski definition) is 4. The molecule has 0 aliphatic rings. The molecule has 2 aromatic rings. The molecule has 1 aromatic heterocycles. The Morgan fingerprint density at radius 1 is 1.54 bits per heavy atom. The minimum atomic E-state index is -0.462. The number of imidazole rings is 1. The number of aromatic amines is 1. The molecule has 1 aromatic carbocycles. The van der Waals surface area contributed by atoms with Crippen LogP contribution in [0.3, 0.4) is 0 Å². The van der Waals surface area contributed by atoms with Crippen molar-refractivity contribution in [2.45, 2.75) is 4.90 Å². The van der Waals surface area contributed by atoms with Crippen molar-refractivity contribution in [3.8, 4) is 0 Å². The fourth-order valence-corrected chi connectivity index (χ4v) is 1.40. The Bertz CT molecular complexity index is 480. The van der Waals surface area contributed by atoms with Gasteiger partial charge in [0.2, 0.25) is 0 Å². The summed E-state index contributed by atoms with van der Waals surface area (Å²) in [5.74, 6) is 0. The van der Waals surface area contributed by atoms with Gasteiger partial charge in [0.15, 0.2) is 5.52 Å². The molecule has 0 saturated heterocycles. The highest BCUT2D eigenvalue weighted by atomic mass is 32.1. The summed E-state index contributed by atoms with van der Waals surface area (Å²) in [4.78, 5) is 17.4. The van der Waals surface area contributed by atoms with Crippen LogP contribution in [0.2, 0.25) is 0 Å². The predicted octanol–water partition coefficient (Wildman–Crippen LogP) is 1.76. The zero-order valence-electron chi connectivity index (χ0n) is 6.39. The normalized spacial score (nSPS) is 10.5. The van der Waals surface area contributed by atoms with Gasteiger partial charge in [-0.25, -0.2) is 4.98 Å². The summed E-state index contributed by atoms with van der Waals surface area (Å²) in [7, 11) is 0. The number of nitro groups is 1. The van der Waals surface area contributed by atoms with Gasteiger partial charge in [-0.15, -0.1) is 12.6 Å². The molecule has 0 bridgehead atoms. The van der Waals surface area contributed by atoms with E-state index < -0.39 is 4.92 Å². The SMILES string of the molecule is O=[N+]([O-])c1ccc(S)c2[nH]cnc12. The van der Waals surface area contributed by atoms with Gasteiger partial charge in [-0.3, -0.25) is 10.1 Å². The first-order chi connectivity index (χ1) is 6.20. The number of H-pyrrole nitrogens is 1. The maximum atomic E-state index is 10.6. The van der Waals surface area contributed by atoms with Crippen molar-refractivity contribution in [1.29, 1.82) is 0 Å². The third kappa shape index (κ3) is 1.15. The monoisotopic (exact) mass is 195 g/mol. The van der Waals surface area contributed by atoms with Crippen molar-refractivity contribution in [3.05, 3.63) is 28.6 Å². The molecule has 0 unspecified atom stereocenters. The largest absolute Gasteiger partial charge is 0.343 e. The molecule has 0 atom stereocenters. The molecule has 66 valence electrons. The number of nitrogens with zero attached hydrogens (tertiary/aromatic N) is 2. The average Bonchev–Trinajstić information content (AvgIpc) is 2.53. The summed E-state index contributed by atoms with van der Waals surface area (Å²) >= 11 is 4.14. The number of benzene rings is 1. The molecule has 0 spiro atoms. The number of fused-ring (bicyclic) bond motifs is 1. The van der Waals surface area contributed by atoms with Crippen molar-refractivity contribution in [2.24, 2.45) is 0 Å². The molecule has 1 N–H and O–H groups in total. The van der Waals surface area contributed by atoms with E-state index in [1.54, 1.807) is 6.07 Å². The number of rotatable bonds is 1. The standard InChI is InChI=1S/C7H5N3O2S/c11-10(12)4-1-2-5(13)7-6(4)8-3-9-7/h1-3,13H,(H,8,9). The Kier molecular flexibility index (Phi) is 1.70. The Morgan fingerprint density at radius 3 is 3.00 bits per heavy atom. The van der Waals surface area contributed by atoms with Gasteiger partial charge in [0.25, 0.3) is 5.69 Å². The summed E-state index contributed by atoms with van der Waals surface area (Å²) in [6.07, 6.45) is 1.41. The number of nitrogens with one attached hydrogen (secondary N) is 1. The van der Waals surface area contributed by atoms with Gasteiger partial charge in [-0.2, -0.15) is 0 Å². The van der Waals surface area contributed by atoms with Crippen LogP contribution in [0.15, 0.2) is 23.4 Å². The van der Waals surface area contributed by atoms with Gasteiger partial charge in [0, 0.05) is 11.0 Å². The molecule has 6 heteroatoms. The highest BCUT2D eigenvalue weighted by Gasteiger charge is 2.14. The van der Waals surface area contributed by atoms with E-state index in [1.807, 2.05) is 0 Å². The Morgan fingerprint density at radius 2 is 2.31 bits per heavy atom. The number of hydrogen-bond donors (Lipinski definition) is 2. The van der Waals surface area contributed by atoms with E-state index >= 15 is 0 Å². The average molecular weight is 195 g/mol. The third-order valence-electron chi connectivity index (χ3n) is 1.73. The molecule has 13 heavy (non-hydrogen) atoms. The van der Waals surface area contributed by atoms with E-state index in [0.29, 0.717) is 15.9 Å². The van der Waals surface area contributed by atoms with Crippen LogP contribution in [0.5, 0.6) is 0 Å². The van der Waals surface area contributed by atoms with Crippen LogP contribution in [0.1, 0.15) is 0 Å². The number of thiol groups is 1. The van der Waals surface area contributed by atoms with Crippen LogP contribution < -0.4 is 0 Å². The second kappa shape index (κ2) is 2.74. The molecular formula is C7H5N3O2S. The highest BCUT2D eigenvalue weighted by Crippen LogP contribution is 2.26. The van der Waals surface area contributed by atoms with Crippen LogP contribution in [0.25, 0.3) is 11.0 Å². The maximum absolute atomic E-state index is 10.6. The summed E-state index contributed by atoms with van der Waals surface area (Å²) in [5.41, 5.74) is 0.934. The Balaban J connectivity index is 2.86. The Labute approximate surface area is 78.3 Å². The summed E-state index contributed by atoms with van der Waals surface area (Å²) in [6.45, 7) is 0. The molecule has 2 rings (SSSR count). The van der Waals surface area contributed by atoms with Gasteiger partial charge >= 0.3 is 0 Å². The maximum Gasteiger partial charge on any atom is 0.297 e. The fourth-order valence-electron chi connectivity index (χ4n) is 1.15. The Hall–Kier alpha value is -1.56. The van der Waals surface area contributed by atoms with Crippen LogP contribution in [0.4, 0.5) is 5.69 Å². The van der Waals surface area contributed by atoms with Crippen molar-refractivity contribution in [3.63, 3.8) is 0 Å². The van der Waals surface area contributed by atoms with E-state index in [-0.39, 0.29) is 5.69 Å². The minimum Gasteiger partial charge on any atom is -0.343 e. The van der Waals surface area contributed by atoms with E-state index in [4.69, 9.17) is 0 Å². The third-order valence-corrected chi connectivity index (χ3v) is 2.11. The second-order valence-corrected chi connectivity index (χ2v) is 2.97. The lowest BCUT2D eigenvalue weighted by Crippen LogP contribution is -1.89. The van der Waals surface area contributed by atoms with Crippen molar-refractivity contribution in [2.75, 3.05) is 0 Å². The first-order valence-corrected chi connectivity index (χ1v) is 3.94. The molecule has 0 aliphatic heterocycles. The lowest BCUT2D eigenvalue weighted by Gasteiger charge is -1.94. The first kappa shape index (κ1) is 8.06.